The van der Waals surface area contributed by atoms with Crippen molar-refractivity contribution >= 4 is 23.4 Å². The van der Waals surface area contributed by atoms with Crippen LogP contribution in [0.1, 0.15) is 12.0 Å². The molecule has 154 valence electrons. The smallest absolute Gasteiger partial charge is 0.365 e. The molecular formula is C18H20F3N7O. The number of carbonyl (C=O) groups is 1. The quantitative estimate of drug-likeness (QED) is 0.659. The van der Waals surface area contributed by atoms with Crippen LogP contribution < -0.4 is 16.0 Å². The van der Waals surface area contributed by atoms with Gasteiger partial charge in [0.15, 0.2) is 0 Å². The van der Waals surface area contributed by atoms with E-state index in [0.717, 1.165) is 12.6 Å². The number of amides is 1. The summed E-state index contributed by atoms with van der Waals surface area (Å²) in [6, 6.07) is -0.479. The zero-order chi connectivity index (χ0) is 20.8. The number of nitrogens with one attached hydrogen (secondary N) is 3. The summed E-state index contributed by atoms with van der Waals surface area (Å²) in [5.41, 5.74) is -0.430. The summed E-state index contributed by atoms with van der Waals surface area (Å²) in [7, 11) is 3.24. The van der Waals surface area contributed by atoms with E-state index in [0.29, 0.717) is 5.69 Å². The van der Waals surface area contributed by atoms with Crippen molar-refractivity contribution in [2.45, 2.75) is 18.6 Å². The Morgan fingerprint density at radius 3 is 2.66 bits per heavy atom. The number of rotatable bonds is 5. The van der Waals surface area contributed by atoms with Gasteiger partial charge < -0.3 is 16.0 Å². The van der Waals surface area contributed by atoms with Crippen molar-refractivity contribution in [1.29, 1.82) is 0 Å². The number of nitrogens with zero attached hydrogens (tertiary/aromatic N) is 4. The van der Waals surface area contributed by atoms with Gasteiger partial charge in [-0.05, 0) is 18.3 Å². The van der Waals surface area contributed by atoms with Gasteiger partial charge >= 0.3 is 6.18 Å². The lowest BCUT2D eigenvalue weighted by Crippen LogP contribution is -2.42. The van der Waals surface area contributed by atoms with Crippen LogP contribution in [-0.4, -0.2) is 38.7 Å². The number of hydrogen-bond acceptors (Lipinski definition) is 6. The van der Waals surface area contributed by atoms with E-state index in [1.165, 1.54) is 13.2 Å². The van der Waals surface area contributed by atoms with Crippen LogP contribution in [0, 0.1) is 17.8 Å². The fraction of sp³-hybridized carbons (Fsp3) is 0.444. The maximum atomic E-state index is 13.5. The molecule has 2 aromatic rings. The molecule has 0 aliphatic heterocycles. The monoisotopic (exact) mass is 407 g/mol. The number of allylic oxidation sites excluding steroid dienone is 1. The van der Waals surface area contributed by atoms with Gasteiger partial charge in [-0.25, -0.2) is 4.98 Å². The highest BCUT2D eigenvalue weighted by molar-refractivity contribution is 5.81. The molecule has 0 spiro atoms. The third-order valence-electron chi connectivity index (χ3n) is 5.37. The van der Waals surface area contributed by atoms with Gasteiger partial charge in [-0.1, -0.05) is 12.2 Å². The number of fused-ring (bicyclic) bond motifs is 2. The summed E-state index contributed by atoms with van der Waals surface area (Å²) < 4.78 is 42.2. The lowest BCUT2D eigenvalue weighted by atomic mass is 9.88. The standard InChI is InChI=1S/C18H20F3N7O/c1-22-16(29)13-9-3-4-10(5-9)14(13)26-15-12(18(19,20)21)7-23-17(27-15)25-11-6-24-28(2)8-11/h3-4,6-10,13-14H,5H2,1-2H3,(H,22,29)(H2,23,25,26,27)/t9-,10-,13-,14+/m1/s1. The van der Waals surface area contributed by atoms with Gasteiger partial charge in [0.1, 0.15) is 11.4 Å². The molecule has 11 heteroatoms. The van der Waals surface area contributed by atoms with E-state index in [9.17, 15) is 18.0 Å². The summed E-state index contributed by atoms with van der Waals surface area (Å²) in [6.07, 6.45) is 3.90. The van der Waals surface area contributed by atoms with Crippen LogP contribution in [0.5, 0.6) is 0 Å². The highest BCUT2D eigenvalue weighted by Crippen LogP contribution is 2.46. The van der Waals surface area contributed by atoms with Crippen LogP contribution in [0.15, 0.2) is 30.7 Å². The van der Waals surface area contributed by atoms with Crippen LogP contribution in [-0.2, 0) is 18.0 Å². The number of hydrogen-bond donors (Lipinski definition) is 3. The average molecular weight is 407 g/mol. The summed E-state index contributed by atoms with van der Waals surface area (Å²) in [5, 5.41) is 12.3. The van der Waals surface area contributed by atoms with Gasteiger partial charge in [0.25, 0.3) is 0 Å². The molecule has 2 aliphatic rings. The van der Waals surface area contributed by atoms with Gasteiger partial charge in [-0.2, -0.15) is 23.3 Å². The second-order valence-corrected chi connectivity index (χ2v) is 7.24. The maximum Gasteiger partial charge on any atom is 0.421 e. The molecule has 29 heavy (non-hydrogen) atoms. The molecule has 1 fully saturated rings. The van der Waals surface area contributed by atoms with Crippen molar-refractivity contribution in [3.63, 3.8) is 0 Å². The Kier molecular flexibility index (Phi) is 4.67. The van der Waals surface area contributed by atoms with Gasteiger partial charge in [-0.3, -0.25) is 9.48 Å². The molecule has 2 aliphatic carbocycles. The molecule has 1 amide bonds. The second kappa shape index (κ2) is 7.05. The van der Waals surface area contributed by atoms with Crippen molar-refractivity contribution in [1.82, 2.24) is 25.1 Å². The van der Waals surface area contributed by atoms with Crippen molar-refractivity contribution in [3.8, 4) is 0 Å². The van der Waals surface area contributed by atoms with Crippen LogP contribution in [0.3, 0.4) is 0 Å². The molecule has 2 heterocycles. The number of halogens is 3. The average Bonchev–Trinajstić information content (AvgIpc) is 3.37. The van der Waals surface area contributed by atoms with Gasteiger partial charge in [-0.15, -0.1) is 0 Å². The predicted molar refractivity (Wildman–Crippen MR) is 99.2 cm³/mol. The first kappa shape index (κ1) is 19.2. The fourth-order valence-corrected chi connectivity index (χ4v) is 4.08. The minimum absolute atomic E-state index is 0.00149. The van der Waals surface area contributed by atoms with Crippen molar-refractivity contribution in [2.24, 2.45) is 24.8 Å². The van der Waals surface area contributed by atoms with E-state index in [1.807, 2.05) is 12.2 Å². The van der Waals surface area contributed by atoms with E-state index in [4.69, 9.17) is 0 Å². The largest absolute Gasteiger partial charge is 0.421 e. The van der Waals surface area contributed by atoms with Crippen LogP contribution >= 0.6 is 0 Å². The van der Waals surface area contributed by atoms with E-state index < -0.39 is 23.7 Å². The number of alkyl halides is 3. The molecule has 2 bridgehead atoms. The van der Waals surface area contributed by atoms with Crippen molar-refractivity contribution in [3.05, 3.63) is 36.3 Å². The topological polar surface area (TPSA) is 96.8 Å². The third-order valence-corrected chi connectivity index (χ3v) is 5.37. The molecule has 4 rings (SSSR count). The normalized spacial score (nSPS) is 25.3. The molecule has 0 unspecified atom stereocenters. The molecule has 8 nitrogen and oxygen atoms in total. The molecule has 0 radical (unpaired) electrons. The Hall–Kier alpha value is -3.11. The Morgan fingerprint density at radius 1 is 1.24 bits per heavy atom. The van der Waals surface area contributed by atoms with E-state index >= 15 is 0 Å². The van der Waals surface area contributed by atoms with Crippen molar-refractivity contribution < 1.29 is 18.0 Å². The lowest BCUT2D eigenvalue weighted by molar-refractivity contribution is -0.137. The summed E-state index contributed by atoms with van der Waals surface area (Å²) in [4.78, 5) is 20.2. The number of anilines is 3. The Morgan fingerprint density at radius 2 is 2.00 bits per heavy atom. The highest BCUT2D eigenvalue weighted by atomic mass is 19.4. The van der Waals surface area contributed by atoms with E-state index in [-0.39, 0.29) is 29.5 Å². The number of carbonyl (C=O) groups excluding carboxylic acids is 1. The minimum atomic E-state index is -4.63. The zero-order valence-corrected chi connectivity index (χ0v) is 15.7. The van der Waals surface area contributed by atoms with Crippen LogP contribution in [0.2, 0.25) is 0 Å². The zero-order valence-electron chi connectivity index (χ0n) is 15.7. The maximum absolute atomic E-state index is 13.5. The van der Waals surface area contributed by atoms with Gasteiger partial charge in [0, 0.05) is 32.5 Å². The second-order valence-electron chi connectivity index (χ2n) is 7.24. The van der Waals surface area contributed by atoms with Gasteiger partial charge in [0.2, 0.25) is 11.9 Å². The first-order valence-corrected chi connectivity index (χ1v) is 9.12. The summed E-state index contributed by atoms with van der Waals surface area (Å²) in [6.45, 7) is 0. The first-order valence-electron chi connectivity index (χ1n) is 9.12. The Balaban J connectivity index is 1.66. The van der Waals surface area contributed by atoms with Crippen LogP contribution in [0.25, 0.3) is 0 Å². The molecular weight excluding hydrogens is 387 g/mol. The Bertz CT molecular complexity index is 955. The molecule has 4 atom stereocenters. The lowest BCUT2D eigenvalue weighted by Gasteiger charge is -2.29. The van der Waals surface area contributed by atoms with Crippen molar-refractivity contribution in [2.75, 3.05) is 17.7 Å². The molecule has 1 saturated carbocycles. The molecule has 2 aromatic heterocycles. The van der Waals surface area contributed by atoms with Crippen LogP contribution in [0.4, 0.5) is 30.6 Å². The number of aromatic nitrogens is 4. The Labute approximate surface area is 164 Å². The fourth-order valence-electron chi connectivity index (χ4n) is 4.08. The first-order chi connectivity index (χ1) is 13.8. The van der Waals surface area contributed by atoms with Gasteiger partial charge in [0.05, 0.1) is 17.8 Å². The SMILES string of the molecule is CNC(=O)[C@H]1[C@@H](Nc2nc(Nc3cnn(C)c3)ncc2C(F)(F)F)[C@@H]2C=C[C@@H]1C2. The van der Waals surface area contributed by atoms with E-state index in [2.05, 4.69) is 31.0 Å². The van der Waals surface area contributed by atoms with E-state index in [1.54, 1.807) is 17.9 Å². The summed E-state index contributed by atoms with van der Waals surface area (Å²) >= 11 is 0. The predicted octanol–water partition coefficient (Wildman–Crippen LogP) is 2.32. The number of aryl methyl sites for hydroxylation is 1. The molecule has 0 aromatic carbocycles. The highest BCUT2D eigenvalue weighted by Gasteiger charge is 2.49. The molecule has 3 N–H and O–H groups in total. The minimum Gasteiger partial charge on any atom is -0.365 e. The summed E-state index contributed by atoms with van der Waals surface area (Å²) in [5.74, 6) is -1.03. The third kappa shape index (κ3) is 3.64. The molecule has 0 saturated heterocycles.